The molecular formula is C12H23ClN2O3. The molecular weight excluding hydrogens is 256 g/mol. The lowest BCUT2D eigenvalue weighted by atomic mass is 10.1. The van der Waals surface area contributed by atoms with Crippen LogP contribution in [0.2, 0.25) is 0 Å². The third kappa shape index (κ3) is 8.31. The third-order valence-corrected chi connectivity index (χ3v) is 2.42. The van der Waals surface area contributed by atoms with E-state index in [9.17, 15) is 9.59 Å². The number of hydrogen-bond acceptors (Lipinski definition) is 4. The number of amides is 1. The number of ether oxygens (including phenoxy) is 1. The van der Waals surface area contributed by atoms with Gasteiger partial charge in [-0.15, -0.1) is 11.6 Å². The van der Waals surface area contributed by atoms with Gasteiger partial charge in [0.25, 0.3) is 0 Å². The molecule has 18 heavy (non-hydrogen) atoms. The molecule has 0 heterocycles. The van der Waals surface area contributed by atoms with E-state index in [-0.39, 0.29) is 11.7 Å². The minimum atomic E-state index is -0.598. The van der Waals surface area contributed by atoms with Crippen LogP contribution in [0.5, 0.6) is 0 Å². The number of halogens is 1. The van der Waals surface area contributed by atoms with E-state index in [1.807, 2.05) is 0 Å². The summed E-state index contributed by atoms with van der Waals surface area (Å²) in [5.41, 5.74) is 4.80. The van der Waals surface area contributed by atoms with Crippen molar-refractivity contribution in [3.05, 3.63) is 0 Å². The summed E-state index contributed by atoms with van der Waals surface area (Å²) in [6, 6.07) is -0.594. The van der Waals surface area contributed by atoms with Gasteiger partial charge < -0.3 is 15.8 Å². The van der Waals surface area contributed by atoms with E-state index in [1.165, 1.54) is 0 Å². The first kappa shape index (κ1) is 17.2. The number of carbonyl (C=O) groups is 2. The molecule has 106 valence electrons. The number of Topliss-reactive ketones (excluding diaryl/α,β-unsaturated/α-hetero) is 1. The summed E-state index contributed by atoms with van der Waals surface area (Å²) in [6.45, 7) is 5.85. The van der Waals surface area contributed by atoms with Gasteiger partial charge in [-0.2, -0.15) is 0 Å². The van der Waals surface area contributed by atoms with Crippen molar-refractivity contribution >= 4 is 23.5 Å². The Bertz CT molecular complexity index is 277. The van der Waals surface area contributed by atoms with E-state index >= 15 is 0 Å². The normalized spacial score (nSPS) is 12.9. The van der Waals surface area contributed by atoms with Crippen LogP contribution in [-0.2, 0) is 9.53 Å². The van der Waals surface area contributed by atoms with E-state index in [0.717, 1.165) is 12.8 Å². The van der Waals surface area contributed by atoms with Crippen LogP contribution in [0.3, 0.4) is 0 Å². The van der Waals surface area contributed by atoms with Crippen molar-refractivity contribution in [1.82, 2.24) is 5.32 Å². The number of nitrogens with two attached hydrogens (primary N) is 1. The molecule has 0 rings (SSSR count). The van der Waals surface area contributed by atoms with Crippen molar-refractivity contribution in [1.29, 1.82) is 0 Å². The molecule has 6 heteroatoms. The molecule has 0 aliphatic carbocycles. The van der Waals surface area contributed by atoms with Gasteiger partial charge in [0.1, 0.15) is 5.60 Å². The van der Waals surface area contributed by atoms with Gasteiger partial charge >= 0.3 is 6.09 Å². The summed E-state index contributed by atoms with van der Waals surface area (Å²) in [7, 11) is 0. The monoisotopic (exact) mass is 278 g/mol. The Kier molecular flexibility index (Phi) is 7.95. The standard InChI is InChI=1S/C12H23ClN2O3/c1-12(2,3)18-11(17)15-9(10(16)8-13)6-4-5-7-14/h9H,4-8,14H2,1-3H3,(H,15,17)/t9-/m0/s1. The van der Waals surface area contributed by atoms with E-state index in [2.05, 4.69) is 5.32 Å². The van der Waals surface area contributed by atoms with Crippen molar-refractivity contribution < 1.29 is 14.3 Å². The maximum Gasteiger partial charge on any atom is 0.408 e. The number of hydrogen-bond donors (Lipinski definition) is 2. The number of nitrogens with one attached hydrogen (secondary N) is 1. The molecule has 0 fully saturated rings. The van der Waals surface area contributed by atoms with Crippen LogP contribution in [0.15, 0.2) is 0 Å². The van der Waals surface area contributed by atoms with Crippen molar-refractivity contribution in [2.75, 3.05) is 12.4 Å². The Balaban J connectivity index is 4.31. The summed E-state index contributed by atoms with van der Waals surface area (Å²) in [6.07, 6.45) is 1.50. The lowest BCUT2D eigenvalue weighted by Crippen LogP contribution is -2.44. The van der Waals surface area contributed by atoms with Crippen LogP contribution in [0.4, 0.5) is 4.79 Å². The summed E-state index contributed by atoms with van der Waals surface area (Å²) in [5, 5.41) is 2.55. The number of alkyl carbamates (subject to hydrolysis) is 1. The summed E-state index contributed by atoms with van der Waals surface area (Å²) in [4.78, 5) is 23.1. The molecule has 1 amide bonds. The maximum absolute atomic E-state index is 11.6. The highest BCUT2D eigenvalue weighted by molar-refractivity contribution is 6.28. The molecule has 0 aliphatic rings. The number of unbranched alkanes of at least 4 members (excludes halogenated alkanes) is 1. The van der Waals surface area contributed by atoms with Crippen LogP contribution in [0.25, 0.3) is 0 Å². The lowest BCUT2D eigenvalue weighted by Gasteiger charge is -2.22. The Labute approximate surface area is 113 Å². The Morgan fingerprint density at radius 1 is 1.33 bits per heavy atom. The third-order valence-electron chi connectivity index (χ3n) is 2.16. The van der Waals surface area contributed by atoms with Crippen molar-refractivity contribution in [3.63, 3.8) is 0 Å². The Morgan fingerprint density at radius 2 is 1.94 bits per heavy atom. The largest absolute Gasteiger partial charge is 0.444 e. The molecule has 0 radical (unpaired) electrons. The molecule has 5 nitrogen and oxygen atoms in total. The maximum atomic E-state index is 11.6. The fourth-order valence-electron chi connectivity index (χ4n) is 1.35. The topological polar surface area (TPSA) is 81.4 Å². The molecule has 0 saturated carbocycles. The molecule has 0 bridgehead atoms. The predicted octanol–water partition coefficient (Wildman–Crippen LogP) is 1.82. The first-order valence-corrected chi connectivity index (χ1v) is 6.62. The number of rotatable bonds is 7. The second kappa shape index (κ2) is 8.32. The first-order chi connectivity index (χ1) is 8.30. The van der Waals surface area contributed by atoms with E-state index < -0.39 is 17.7 Å². The fraction of sp³-hybridized carbons (Fsp3) is 0.833. The summed E-state index contributed by atoms with van der Waals surface area (Å²) < 4.78 is 5.10. The molecule has 0 aromatic heterocycles. The first-order valence-electron chi connectivity index (χ1n) is 6.08. The van der Waals surface area contributed by atoms with Gasteiger partial charge in [0.05, 0.1) is 11.9 Å². The van der Waals surface area contributed by atoms with Crippen molar-refractivity contribution in [2.24, 2.45) is 5.73 Å². The predicted molar refractivity (Wildman–Crippen MR) is 71.8 cm³/mol. The number of carbonyl (C=O) groups excluding carboxylic acids is 2. The molecule has 0 spiro atoms. The Hall–Kier alpha value is -0.810. The van der Waals surface area contributed by atoms with Gasteiger partial charge in [-0.25, -0.2) is 4.79 Å². The smallest absolute Gasteiger partial charge is 0.408 e. The second-order valence-electron chi connectivity index (χ2n) is 5.08. The summed E-state index contributed by atoms with van der Waals surface area (Å²) >= 11 is 5.51. The van der Waals surface area contributed by atoms with Gasteiger partial charge in [-0.05, 0) is 46.6 Å². The number of ketones is 1. The van der Waals surface area contributed by atoms with E-state index in [1.54, 1.807) is 20.8 Å². The van der Waals surface area contributed by atoms with Crippen molar-refractivity contribution in [3.8, 4) is 0 Å². The SMILES string of the molecule is CC(C)(C)OC(=O)N[C@@H](CCCCN)C(=O)CCl. The minimum Gasteiger partial charge on any atom is -0.444 e. The average Bonchev–Trinajstić information content (AvgIpc) is 2.24. The molecule has 1 atom stereocenters. The zero-order chi connectivity index (χ0) is 14.2. The van der Waals surface area contributed by atoms with Gasteiger partial charge in [0.2, 0.25) is 0 Å². The highest BCUT2D eigenvalue weighted by Gasteiger charge is 2.23. The molecule has 0 aromatic carbocycles. The van der Waals surface area contributed by atoms with Gasteiger partial charge in [-0.3, -0.25) is 4.79 Å². The highest BCUT2D eigenvalue weighted by atomic mass is 35.5. The molecule has 3 N–H and O–H groups in total. The van der Waals surface area contributed by atoms with Gasteiger partial charge in [-0.1, -0.05) is 0 Å². The average molecular weight is 279 g/mol. The van der Waals surface area contributed by atoms with Crippen LogP contribution in [0, 0.1) is 0 Å². The van der Waals surface area contributed by atoms with Crippen LogP contribution in [0.1, 0.15) is 40.0 Å². The number of alkyl halides is 1. The van der Waals surface area contributed by atoms with Crippen LogP contribution >= 0.6 is 11.6 Å². The molecule has 0 aromatic rings. The lowest BCUT2D eigenvalue weighted by molar-refractivity contribution is -0.118. The zero-order valence-electron chi connectivity index (χ0n) is 11.3. The van der Waals surface area contributed by atoms with E-state index in [0.29, 0.717) is 13.0 Å². The molecule has 0 aliphatic heterocycles. The summed E-state index contributed by atoms with van der Waals surface area (Å²) in [5.74, 6) is -0.331. The quantitative estimate of drug-likeness (QED) is 0.550. The van der Waals surface area contributed by atoms with Crippen LogP contribution < -0.4 is 11.1 Å². The minimum absolute atomic E-state index is 0.122. The molecule has 0 saturated heterocycles. The van der Waals surface area contributed by atoms with Gasteiger partial charge in [0.15, 0.2) is 5.78 Å². The van der Waals surface area contributed by atoms with Crippen molar-refractivity contribution in [2.45, 2.75) is 51.7 Å². The zero-order valence-corrected chi connectivity index (χ0v) is 12.0. The second-order valence-corrected chi connectivity index (χ2v) is 5.35. The molecule has 0 unspecified atom stereocenters. The van der Waals surface area contributed by atoms with E-state index in [4.69, 9.17) is 22.1 Å². The fourth-order valence-corrected chi connectivity index (χ4v) is 1.54. The highest BCUT2D eigenvalue weighted by Crippen LogP contribution is 2.09. The van der Waals surface area contributed by atoms with Gasteiger partial charge in [0, 0.05) is 0 Å². The Morgan fingerprint density at radius 3 is 2.39 bits per heavy atom. The van der Waals surface area contributed by atoms with Crippen LogP contribution in [-0.4, -0.2) is 35.9 Å².